The molecular formula is C14H14ClF2N3. The number of rotatable bonds is 5. The molecule has 106 valence electrons. The normalized spacial score (nSPS) is 10.6. The maximum Gasteiger partial charge on any atom is 0.159 e. The van der Waals surface area contributed by atoms with E-state index < -0.39 is 11.6 Å². The van der Waals surface area contributed by atoms with Crippen molar-refractivity contribution in [2.24, 2.45) is 0 Å². The van der Waals surface area contributed by atoms with Crippen LogP contribution in [0.1, 0.15) is 24.5 Å². The number of nitrogens with zero attached hydrogens (tertiary/aromatic N) is 2. The fourth-order valence-electron chi connectivity index (χ4n) is 1.85. The molecule has 0 aliphatic rings. The summed E-state index contributed by atoms with van der Waals surface area (Å²) in [5.74, 6) is -1.10. The van der Waals surface area contributed by atoms with Gasteiger partial charge in [0, 0.05) is 12.1 Å². The van der Waals surface area contributed by atoms with Gasteiger partial charge in [0.05, 0.1) is 0 Å². The number of nitrogens with one attached hydrogen (secondary N) is 1. The highest BCUT2D eigenvalue weighted by Gasteiger charge is 2.09. The molecular weight excluding hydrogens is 284 g/mol. The second kappa shape index (κ2) is 6.61. The molecule has 0 atom stereocenters. The molecule has 6 heteroatoms. The zero-order valence-corrected chi connectivity index (χ0v) is 11.7. The molecule has 0 bridgehead atoms. The summed E-state index contributed by atoms with van der Waals surface area (Å²) in [6.07, 6.45) is 3.03. The van der Waals surface area contributed by atoms with Crippen LogP contribution in [0.3, 0.4) is 0 Å². The molecule has 0 amide bonds. The maximum atomic E-state index is 13.1. The van der Waals surface area contributed by atoms with Gasteiger partial charge < -0.3 is 5.32 Å². The molecule has 20 heavy (non-hydrogen) atoms. The molecule has 1 N–H and O–H groups in total. The van der Waals surface area contributed by atoms with Gasteiger partial charge in [0.2, 0.25) is 0 Å². The summed E-state index contributed by atoms with van der Waals surface area (Å²) in [7, 11) is 0. The number of hydrogen-bond donors (Lipinski definition) is 1. The predicted molar refractivity (Wildman–Crippen MR) is 74.7 cm³/mol. The summed E-state index contributed by atoms with van der Waals surface area (Å²) in [5.41, 5.74) is 1.46. The Morgan fingerprint density at radius 2 is 2.00 bits per heavy atom. The van der Waals surface area contributed by atoms with Crippen molar-refractivity contribution >= 4 is 17.4 Å². The summed E-state index contributed by atoms with van der Waals surface area (Å²) in [5, 5.41) is 3.49. The number of benzene rings is 1. The van der Waals surface area contributed by atoms with Gasteiger partial charge in [-0.25, -0.2) is 18.7 Å². The van der Waals surface area contributed by atoms with Gasteiger partial charge in [-0.2, -0.15) is 0 Å². The van der Waals surface area contributed by atoms with Gasteiger partial charge in [-0.1, -0.05) is 31.0 Å². The number of halogens is 3. The van der Waals surface area contributed by atoms with Gasteiger partial charge in [0.1, 0.15) is 17.3 Å². The zero-order valence-electron chi connectivity index (χ0n) is 11.0. The summed E-state index contributed by atoms with van der Waals surface area (Å²) in [6, 6.07) is 3.78. The fraction of sp³-hybridized carbons (Fsp3) is 0.286. The lowest BCUT2D eigenvalue weighted by atomic mass is 10.1. The molecule has 1 heterocycles. The van der Waals surface area contributed by atoms with Crippen LogP contribution in [0.2, 0.25) is 5.15 Å². The number of anilines is 1. The summed E-state index contributed by atoms with van der Waals surface area (Å²) < 4.78 is 26.0. The van der Waals surface area contributed by atoms with E-state index in [9.17, 15) is 8.78 Å². The van der Waals surface area contributed by atoms with Crippen molar-refractivity contribution in [1.29, 1.82) is 0 Å². The van der Waals surface area contributed by atoms with E-state index in [1.807, 2.05) is 6.92 Å². The quantitative estimate of drug-likeness (QED) is 0.849. The molecule has 3 nitrogen and oxygen atoms in total. The molecule has 1 aromatic heterocycles. The lowest BCUT2D eigenvalue weighted by Gasteiger charge is -2.11. The van der Waals surface area contributed by atoms with Crippen molar-refractivity contribution in [2.75, 3.05) is 5.32 Å². The molecule has 0 radical (unpaired) electrons. The monoisotopic (exact) mass is 297 g/mol. The van der Waals surface area contributed by atoms with Crippen LogP contribution >= 0.6 is 11.6 Å². The van der Waals surface area contributed by atoms with Crippen LogP contribution in [0.5, 0.6) is 0 Å². The van der Waals surface area contributed by atoms with E-state index in [0.717, 1.165) is 30.5 Å². The summed E-state index contributed by atoms with van der Waals surface area (Å²) in [4.78, 5) is 8.08. The van der Waals surface area contributed by atoms with E-state index >= 15 is 0 Å². The molecule has 0 aliphatic heterocycles. The highest BCUT2D eigenvalue weighted by molar-refractivity contribution is 6.30. The Hall–Kier alpha value is -1.75. The van der Waals surface area contributed by atoms with Crippen molar-refractivity contribution in [3.63, 3.8) is 0 Å². The molecule has 0 fully saturated rings. The largest absolute Gasteiger partial charge is 0.366 e. The Kier molecular flexibility index (Phi) is 4.84. The smallest absolute Gasteiger partial charge is 0.159 e. The number of aromatic nitrogens is 2. The fourth-order valence-corrected chi connectivity index (χ4v) is 2.08. The highest BCUT2D eigenvalue weighted by Crippen LogP contribution is 2.22. The Bertz CT molecular complexity index is 605. The second-order valence-electron chi connectivity index (χ2n) is 4.34. The maximum absolute atomic E-state index is 13.1. The van der Waals surface area contributed by atoms with Gasteiger partial charge >= 0.3 is 0 Å². The van der Waals surface area contributed by atoms with Crippen LogP contribution in [0.4, 0.5) is 14.6 Å². The average Bonchev–Trinajstić information content (AvgIpc) is 2.43. The molecule has 0 saturated heterocycles. The molecule has 0 saturated carbocycles. The highest BCUT2D eigenvalue weighted by atomic mass is 35.5. The van der Waals surface area contributed by atoms with Crippen molar-refractivity contribution in [2.45, 2.75) is 26.3 Å². The Morgan fingerprint density at radius 3 is 2.70 bits per heavy atom. The first-order valence-corrected chi connectivity index (χ1v) is 6.66. The Morgan fingerprint density at radius 1 is 1.20 bits per heavy atom. The van der Waals surface area contributed by atoms with Crippen LogP contribution in [-0.4, -0.2) is 9.97 Å². The number of hydrogen-bond acceptors (Lipinski definition) is 3. The van der Waals surface area contributed by atoms with Crippen LogP contribution in [0, 0.1) is 11.6 Å². The topological polar surface area (TPSA) is 37.8 Å². The third-order valence-corrected chi connectivity index (χ3v) is 3.16. The molecule has 1 aromatic carbocycles. The SMILES string of the molecule is CCCc1c(Cl)ncnc1NCc1ccc(F)c(F)c1. The summed E-state index contributed by atoms with van der Waals surface area (Å²) in [6.45, 7) is 2.36. The van der Waals surface area contributed by atoms with Gasteiger partial charge in [0.25, 0.3) is 0 Å². The standard InChI is InChI=1S/C14H14ClF2N3/c1-2-3-10-13(15)19-8-20-14(10)18-7-9-4-5-11(16)12(17)6-9/h4-6,8H,2-3,7H2,1H3,(H,18,19,20). The van der Waals surface area contributed by atoms with Gasteiger partial charge in [-0.3, -0.25) is 0 Å². The summed E-state index contributed by atoms with van der Waals surface area (Å²) >= 11 is 6.04. The molecule has 0 aliphatic carbocycles. The molecule has 2 rings (SSSR count). The first-order chi connectivity index (χ1) is 9.61. The second-order valence-corrected chi connectivity index (χ2v) is 4.70. The lowest BCUT2D eigenvalue weighted by molar-refractivity contribution is 0.507. The minimum Gasteiger partial charge on any atom is -0.366 e. The van der Waals surface area contributed by atoms with Crippen LogP contribution in [0.15, 0.2) is 24.5 Å². The Balaban J connectivity index is 2.14. The first-order valence-electron chi connectivity index (χ1n) is 6.29. The Labute approximate surface area is 121 Å². The third-order valence-electron chi connectivity index (χ3n) is 2.84. The van der Waals surface area contributed by atoms with E-state index in [1.54, 1.807) is 0 Å². The molecule has 0 unspecified atom stereocenters. The minimum absolute atomic E-state index is 0.335. The predicted octanol–water partition coefficient (Wildman–Crippen LogP) is 3.97. The van der Waals surface area contributed by atoms with Crippen LogP contribution < -0.4 is 5.32 Å². The van der Waals surface area contributed by atoms with Crippen molar-refractivity contribution in [3.8, 4) is 0 Å². The lowest BCUT2D eigenvalue weighted by Crippen LogP contribution is -2.06. The van der Waals surface area contributed by atoms with E-state index in [2.05, 4.69) is 15.3 Å². The van der Waals surface area contributed by atoms with Gasteiger partial charge in [-0.05, 0) is 24.1 Å². The zero-order chi connectivity index (χ0) is 14.5. The van der Waals surface area contributed by atoms with Gasteiger partial charge in [-0.15, -0.1) is 0 Å². The van der Waals surface area contributed by atoms with Gasteiger partial charge in [0.15, 0.2) is 11.6 Å². The van der Waals surface area contributed by atoms with E-state index in [4.69, 9.17) is 11.6 Å². The first kappa shape index (κ1) is 14.7. The van der Waals surface area contributed by atoms with Crippen molar-refractivity contribution in [3.05, 3.63) is 52.4 Å². The van der Waals surface area contributed by atoms with E-state index in [-0.39, 0.29) is 0 Å². The average molecular weight is 298 g/mol. The van der Waals surface area contributed by atoms with Crippen molar-refractivity contribution < 1.29 is 8.78 Å². The molecule has 2 aromatic rings. The minimum atomic E-state index is -0.862. The van der Waals surface area contributed by atoms with E-state index in [0.29, 0.717) is 23.1 Å². The third kappa shape index (κ3) is 3.42. The van der Waals surface area contributed by atoms with Crippen LogP contribution in [-0.2, 0) is 13.0 Å². The molecule has 0 spiro atoms. The van der Waals surface area contributed by atoms with Crippen LogP contribution in [0.25, 0.3) is 0 Å². The van der Waals surface area contributed by atoms with Crippen molar-refractivity contribution in [1.82, 2.24) is 9.97 Å². The van der Waals surface area contributed by atoms with E-state index in [1.165, 1.54) is 12.4 Å².